The molecule has 0 bridgehead atoms. The van der Waals surface area contributed by atoms with Gasteiger partial charge in [0.15, 0.2) is 0 Å². The van der Waals surface area contributed by atoms with Crippen molar-refractivity contribution in [2.45, 2.75) is 64.5 Å². The highest BCUT2D eigenvalue weighted by Crippen LogP contribution is 2.26. The van der Waals surface area contributed by atoms with Crippen LogP contribution in [0.3, 0.4) is 0 Å². The molecule has 0 radical (unpaired) electrons. The summed E-state index contributed by atoms with van der Waals surface area (Å²) in [5.74, 6) is 2.49. The zero-order valence-corrected chi connectivity index (χ0v) is 19.8. The van der Waals surface area contributed by atoms with Gasteiger partial charge in [-0.15, -0.1) is 0 Å². The third-order valence-corrected chi connectivity index (χ3v) is 6.16. The fourth-order valence-electron chi connectivity index (χ4n) is 4.42. The van der Waals surface area contributed by atoms with Gasteiger partial charge < -0.3 is 19.4 Å². The lowest BCUT2D eigenvalue weighted by Crippen LogP contribution is -2.34. The molecule has 6 heteroatoms. The average molecular weight is 450 g/mol. The maximum Gasteiger partial charge on any atom is 0.249 e. The number of hydrogen-bond donors (Lipinski definition) is 1. The van der Waals surface area contributed by atoms with Crippen molar-refractivity contribution < 1.29 is 14.3 Å². The van der Waals surface area contributed by atoms with Crippen molar-refractivity contribution in [1.82, 2.24) is 14.9 Å². The van der Waals surface area contributed by atoms with E-state index in [9.17, 15) is 4.79 Å². The number of para-hydroxylation sites is 3. The summed E-state index contributed by atoms with van der Waals surface area (Å²) in [5, 5.41) is 3.01. The van der Waals surface area contributed by atoms with Crippen molar-refractivity contribution in [3.05, 3.63) is 59.9 Å². The summed E-state index contributed by atoms with van der Waals surface area (Å²) in [6.07, 6.45) is 4.09. The van der Waals surface area contributed by atoms with E-state index < -0.39 is 0 Å². The number of aryl methyl sites for hydroxylation is 2. The summed E-state index contributed by atoms with van der Waals surface area (Å²) < 4.78 is 13.9. The minimum atomic E-state index is -0.268. The summed E-state index contributed by atoms with van der Waals surface area (Å²) in [4.78, 5) is 17.0. The van der Waals surface area contributed by atoms with Crippen LogP contribution in [0, 0.1) is 0 Å². The smallest absolute Gasteiger partial charge is 0.249 e. The number of fused-ring (bicyclic) bond motifs is 1. The Kier molecular flexibility index (Phi) is 8.00. The van der Waals surface area contributed by atoms with E-state index in [-0.39, 0.29) is 12.0 Å². The van der Waals surface area contributed by atoms with E-state index in [1.54, 1.807) is 0 Å². The molecule has 1 N–H and O–H groups in total. The molecule has 1 aromatic heterocycles. The SMILES string of the molecule is CC(C)c1ccccc1OCCCn1c(CCCNC(=O)C2CCCO2)nc2ccccc21. The van der Waals surface area contributed by atoms with Crippen LogP contribution in [0.15, 0.2) is 48.5 Å². The van der Waals surface area contributed by atoms with Gasteiger partial charge in [0.1, 0.15) is 17.7 Å². The monoisotopic (exact) mass is 449 g/mol. The summed E-state index contributed by atoms with van der Waals surface area (Å²) in [6, 6.07) is 16.6. The van der Waals surface area contributed by atoms with E-state index in [4.69, 9.17) is 14.5 Å². The first-order valence-corrected chi connectivity index (χ1v) is 12.2. The zero-order chi connectivity index (χ0) is 23.0. The molecule has 3 aromatic rings. The predicted molar refractivity (Wildman–Crippen MR) is 131 cm³/mol. The van der Waals surface area contributed by atoms with E-state index in [0.717, 1.165) is 61.3 Å². The number of rotatable bonds is 11. The lowest BCUT2D eigenvalue weighted by molar-refractivity contribution is -0.130. The van der Waals surface area contributed by atoms with Gasteiger partial charge in [-0.2, -0.15) is 0 Å². The normalized spacial score (nSPS) is 15.9. The molecule has 0 aliphatic carbocycles. The molecule has 1 atom stereocenters. The number of aromatic nitrogens is 2. The number of nitrogens with zero attached hydrogens (tertiary/aromatic N) is 2. The third kappa shape index (κ3) is 5.93. The van der Waals surface area contributed by atoms with Crippen LogP contribution < -0.4 is 10.1 Å². The predicted octanol–water partition coefficient (Wildman–Crippen LogP) is 4.86. The number of carbonyl (C=O) groups excluding carboxylic acids is 1. The third-order valence-electron chi connectivity index (χ3n) is 6.16. The van der Waals surface area contributed by atoms with Gasteiger partial charge in [-0.25, -0.2) is 4.98 Å². The van der Waals surface area contributed by atoms with Gasteiger partial charge in [0.2, 0.25) is 5.91 Å². The summed E-state index contributed by atoms with van der Waals surface area (Å²) in [5.41, 5.74) is 3.41. The highest BCUT2D eigenvalue weighted by Gasteiger charge is 2.22. The Balaban J connectivity index is 1.33. The van der Waals surface area contributed by atoms with Crippen molar-refractivity contribution in [2.75, 3.05) is 19.8 Å². The van der Waals surface area contributed by atoms with Crippen LogP contribution >= 0.6 is 0 Å². The Hall–Kier alpha value is -2.86. The Morgan fingerprint density at radius 2 is 2.00 bits per heavy atom. The van der Waals surface area contributed by atoms with Gasteiger partial charge in [0, 0.05) is 26.1 Å². The second-order valence-corrected chi connectivity index (χ2v) is 8.96. The van der Waals surface area contributed by atoms with Crippen LogP contribution in [-0.4, -0.2) is 41.3 Å². The number of benzene rings is 2. The van der Waals surface area contributed by atoms with Gasteiger partial charge >= 0.3 is 0 Å². The zero-order valence-electron chi connectivity index (χ0n) is 19.8. The second kappa shape index (κ2) is 11.3. The Morgan fingerprint density at radius 3 is 2.82 bits per heavy atom. The molecule has 1 amide bonds. The standard InChI is InChI=1S/C27H35N3O3/c1-20(2)21-10-3-6-13-24(21)32-19-9-17-30-23-12-5-4-11-22(23)29-26(30)15-7-16-28-27(31)25-14-8-18-33-25/h3-6,10-13,20,25H,7-9,14-19H2,1-2H3,(H,28,31). The molecular weight excluding hydrogens is 414 g/mol. The Labute approximate surface area is 196 Å². The van der Waals surface area contributed by atoms with Crippen molar-refractivity contribution in [3.63, 3.8) is 0 Å². The maximum atomic E-state index is 12.2. The Morgan fingerprint density at radius 1 is 1.18 bits per heavy atom. The van der Waals surface area contributed by atoms with E-state index >= 15 is 0 Å². The van der Waals surface area contributed by atoms with Gasteiger partial charge in [-0.05, 0) is 55.4 Å². The van der Waals surface area contributed by atoms with Crippen LogP contribution in [0.2, 0.25) is 0 Å². The van der Waals surface area contributed by atoms with Gasteiger partial charge in [-0.1, -0.05) is 44.2 Å². The maximum absolute atomic E-state index is 12.2. The molecule has 2 heterocycles. The minimum Gasteiger partial charge on any atom is -0.493 e. The molecular formula is C27H35N3O3. The lowest BCUT2D eigenvalue weighted by atomic mass is 10.0. The highest BCUT2D eigenvalue weighted by molar-refractivity contribution is 5.80. The molecule has 33 heavy (non-hydrogen) atoms. The van der Waals surface area contributed by atoms with Gasteiger partial charge in [-0.3, -0.25) is 4.79 Å². The fourth-order valence-corrected chi connectivity index (χ4v) is 4.42. The van der Waals surface area contributed by atoms with E-state index in [2.05, 4.69) is 60.1 Å². The van der Waals surface area contributed by atoms with Crippen molar-refractivity contribution in [2.24, 2.45) is 0 Å². The molecule has 1 saturated heterocycles. The number of imidazole rings is 1. The summed E-state index contributed by atoms with van der Waals surface area (Å²) in [7, 11) is 0. The second-order valence-electron chi connectivity index (χ2n) is 8.96. The van der Waals surface area contributed by atoms with Crippen LogP contribution in [0.5, 0.6) is 5.75 Å². The largest absolute Gasteiger partial charge is 0.493 e. The van der Waals surface area contributed by atoms with Gasteiger partial charge in [0.05, 0.1) is 17.6 Å². The first-order valence-electron chi connectivity index (χ1n) is 12.2. The van der Waals surface area contributed by atoms with Crippen LogP contribution in [-0.2, 0) is 22.5 Å². The van der Waals surface area contributed by atoms with Crippen LogP contribution in [0.25, 0.3) is 11.0 Å². The molecule has 4 rings (SSSR count). The summed E-state index contributed by atoms with van der Waals surface area (Å²) in [6.45, 7) is 7.21. The van der Waals surface area contributed by atoms with E-state index in [1.165, 1.54) is 5.56 Å². The molecule has 2 aromatic carbocycles. The van der Waals surface area contributed by atoms with Crippen LogP contribution in [0.1, 0.15) is 56.8 Å². The first-order chi connectivity index (χ1) is 16.1. The molecule has 1 unspecified atom stereocenters. The molecule has 1 aliphatic rings. The van der Waals surface area contributed by atoms with Crippen molar-refractivity contribution in [1.29, 1.82) is 0 Å². The topological polar surface area (TPSA) is 65.4 Å². The molecule has 0 spiro atoms. The molecule has 1 aliphatic heterocycles. The lowest BCUT2D eigenvalue weighted by Gasteiger charge is -2.15. The fraction of sp³-hybridized carbons (Fsp3) is 0.481. The quantitative estimate of drug-likeness (QED) is 0.425. The molecule has 1 fully saturated rings. The molecule has 176 valence electrons. The number of ether oxygens (including phenoxy) is 2. The van der Waals surface area contributed by atoms with Crippen molar-refractivity contribution in [3.8, 4) is 5.75 Å². The first kappa shape index (κ1) is 23.3. The number of carbonyl (C=O) groups is 1. The minimum absolute atomic E-state index is 0.0137. The number of amides is 1. The van der Waals surface area contributed by atoms with Gasteiger partial charge in [0.25, 0.3) is 0 Å². The summed E-state index contributed by atoms with van der Waals surface area (Å²) >= 11 is 0. The van der Waals surface area contributed by atoms with E-state index in [1.807, 2.05) is 12.1 Å². The van der Waals surface area contributed by atoms with Crippen molar-refractivity contribution >= 4 is 16.9 Å². The molecule has 6 nitrogen and oxygen atoms in total. The molecule has 0 saturated carbocycles. The Bertz CT molecular complexity index is 1050. The highest BCUT2D eigenvalue weighted by atomic mass is 16.5. The number of hydrogen-bond acceptors (Lipinski definition) is 4. The number of nitrogens with one attached hydrogen (secondary N) is 1. The van der Waals surface area contributed by atoms with Crippen LogP contribution in [0.4, 0.5) is 0 Å². The van der Waals surface area contributed by atoms with E-state index in [0.29, 0.717) is 25.7 Å². The average Bonchev–Trinajstić information content (AvgIpc) is 3.48.